The summed E-state index contributed by atoms with van der Waals surface area (Å²) in [4.78, 5) is 13.0. The first kappa shape index (κ1) is 13.6. The van der Waals surface area contributed by atoms with Gasteiger partial charge in [0.25, 0.3) is 0 Å². The maximum atomic E-state index is 13.2. The van der Waals surface area contributed by atoms with Crippen molar-refractivity contribution in [3.63, 3.8) is 0 Å². The largest absolute Gasteiger partial charge is 0.288 e. The van der Waals surface area contributed by atoms with E-state index in [0.717, 1.165) is 4.70 Å². The first-order valence-corrected chi connectivity index (χ1v) is 7.31. The number of carbonyl (C=O) groups is 1. The third kappa shape index (κ3) is 2.44. The number of thiophene rings is 1. The average Bonchev–Trinajstić information content (AvgIpc) is 2.83. The summed E-state index contributed by atoms with van der Waals surface area (Å²) in [5.74, 6) is -0.533. The molecule has 3 rings (SSSR count). The second kappa shape index (κ2) is 5.17. The number of hydrogen-bond acceptors (Lipinski definition) is 2. The topological polar surface area (TPSA) is 17.1 Å². The number of rotatable bonds is 2. The minimum Gasteiger partial charge on any atom is -0.288 e. The molecule has 0 unspecified atom stereocenters. The molecule has 0 aliphatic carbocycles. The summed E-state index contributed by atoms with van der Waals surface area (Å²) in [6.07, 6.45) is 0. The van der Waals surface area contributed by atoms with E-state index in [9.17, 15) is 9.18 Å². The molecule has 0 saturated carbocycles. The highest BCUT2D eigenvalue weighted by molar-refractivity contribution is 7.21. The Morgan fingerprint density at radius 1 is 1.05 bits per heavy atom. The number of hydrogen-bond donors (Lipinski definition) is 0. The van der Waals surface area contributed by atoms with Crippen molar-refractivity contribution >= 4 is 50.4 Å². The molecule has 1 nitrogen and oxygen atoms in total. The zero-order valence-corrected chi connectivity index (χ0v) is 12.3. The zero-order chi connectivity index (χ0) is 14.3. The molecule has 5 heteroatoms. The first-order valence-electron chi connectivity index (χ1n) is 5.73. The molecule has 2 aromatic carbocycles. The van der Waals surface area contributed by atoms with Gasteiger partial charge in [-0.25, -0.2) is 4.39 Å². The van der Waals surface area contributed by atoms with Crippen LogP contribution in [0.4, 0.5) is 4.39 Å². The molecule has 0 aliphatic rings. The van der Waals surface area contributed by atoms with Crippen molar-refractivity contribution in [3.05, 3.63) is 68.8 Å². The van der Waals surface area contributed by atoms with Crippen LogP contribution in [0.5, 0.6) is 0 Å². The van der Waals surface area contributed by atoms with E-state index in [-0.39, 0.29) is 11.6 Å². The van der Waals surface area contributed by atoms with Gasteiger partial charge in [-0.2, -0.15) is 0 Å². The van der Waals surface area contributed by atoms with Gasteiger partial charge in [-0.1, -0.05) is 23.2 Å². The van der Waals surface area contributed by atoms with Crippen LogP contribution in [0.3, 0.4) is 0 Å². The molecule has 0 saturated heterocycles. The molecule has 3 aromatic rings. The van der Waals surface area contributed by atoms with Crippen molar-refractivity contribution in [2.24, 2.45) is 0 Å². The smallest absolute Gasteiger partial charge is 0.204 e. The van der Waals surface area contributed by atoms with Crippen molar-refractivity contribution in [2.75, 3.05) is 0 Å². The van der Waals surface area contributed by atoms with Gasteiger partial charge in [0.05, 0.1) is 9.90 Å². The Bertz CT molecular complexity index is 826. The molecule has 0 N–H and O–H groups in total. The van der Waals surface area contributed by atoms with E-state index < -0.39 is 0 Å². The monoisotopic (exact) mass is 324 g/mol. The van der Waals surface area contributed by atoms with Gasteiger partial charge >= 0.3 is 0 Å². The first-order chi connectivity index (χ1) is 9.54. The lowest BCUT2D eigenvalue weighted by Gasteiger charge is -2.01. The van der Waals surface area contributed by atoms with Gasteiger partial charge < -0.3 is 0 Å². The Morgan fingerprint density at radius 2 is 1.85 bits per heavy atom. The van der Waals surface area contributed by atoms with E-state index in [1.807, 2.05) is 0 Å². The van der Waals surface area contributed by atoms with Crippen LogP contribution in [-0.4, -0.2) is 5.78 Å². The number of benzene rings is 2. The number of halogens is 3. The highest BCUT2D eigenvalue weighted by Gasteiger charge is 2.16. The lowest BCUT2D eigenvalue weighted by molar-refractivity contribution is 0.104. The highest BCUT2D eigenvalue weighted by Crippen LogP contribution is 2.30. The van der Waals surface area contributed by atoms with Gasteiger partial charge in [0, 0.05) is 15.3 Å². The number of carbonyl (C=O) groups excluding carboxylic acids is 1. The maximum Gasteiger partial charge on any atom is 0.204 e. The van der Waals surface area contributed by atoms with Gasteiger partial charge in [-0.15, -0.1) is 11.3 Å². The maximum absolute atomic E-state index is 13.2. The average molecular weight is 325 g/mol. The molecule has 20 heavy (non-hydrogen) atoms. The van der Waals surface area contributed by atoms with Crippen LogP contribution >= 0.6 is 34.5 Å². The Labute approximate surface area is 128 Å². The lowest BCUT2D eigenvalue weighted by atomic mass is 10.1. The van der Waals surface area contributed by atoms with Crippen LogP contribution in [-0.2, 0) is 0 Å². The second-order valence-corrected chi connectivity index (χ2v) is 6.17. The van der Waals surface area contributed by atoms with Crippen LogP contribution < -0.4 is 0 Å². The van der Waals surface area contributed by atoms with Gasteiger partial charge in [0.15, 0.2) is 0 Å². The van der Waals surface area contributed by atoms with E-state index in [4.69, 9.17) is 23.2 Å². The Morgan fingerprint density at radius 3 is 2.65 bits per heavy atom. The Kier molecular flexibility index (Phi) is 3.50. The van der Waals surface area contributed by atoms with Crippen molar-refractivity contribution in [1.29, 1.82) is 0 Å². The van der Waals surface area contributed by atoms with E-state index in [1.54, 1.807) is 24.3 Å². The molecule has 1 aromatic heterocycles. The zero-order valence-electron chi connectivity index (χ0n) is 9.99. The Hall–Kier alpha value is -1.42. The summed E-state index contributed by atoms with van der Waals surface area (Å²) in [5.41, 5.74) is 0.353. The van der Waals surface area contributed by atoms with Crippen LogP contribution in [0.25, 0.3) is 10.1 Å². The fourth-order valence-electron chi connectivity index (χ4n) is 1.93. The molecular weight excluding hydrogens is 318 g/mol. The van der Waals surface area contributed by atoms with Gasteiger partial charge in [0.1, 0.15) is 5.82 Å². The minimum atomic E-state index is -0.324. The molecule has 1 heterocycles. The number of ketones is 1. The lowest BCUT2D eigenvalue weighted by Crippen LogP contribution is -1.99. The predicted molar refractivity (Wildman–Crippen MR) is 81.7 cm³/mol. The van der Waals surface area contributed by atoms with Crippen LogP contribution in [0, 0.1) is 5.82 Å². The van der Waals surface area contributed by atoms with Crippen molar-refractivity contribution in [3.8, 4) is 0 Å². The Balaban J connectivity index is 2.10. The third-order valence-electron chi connectivity index (χ3n) is 2.88. The van der Waals surface area contributed by atoms with Crippen molar-refractivity contribution in [1.82, 2.24) is 0 Å². The van der Waals surface area contributed by atoms with Crippen LogP contribution in [0.1, 0.15) is 15.2 Å². The van der Waals surface area contributed by atoms with Crippen LogP contribution in [0.2, 0.25) is 10.0 Å². The van der Waals surface area contributed by atoms with E-state index in [0.29, 0.717) is 25.9 Å². The standard InChI is InChI=1S/C15H7Cl2FOS/c16-9-1-3-12(17)11(7-9)15(19)14-6-8-5-10(18)2-4-13(8)20-14/h1-7H. The fourth-order valence-corrected chi connectivity index (χ4v) is 3.30. The molecule has 0 amide bonds. The normalized spacial score (nSPS) is 10.9. The van der Waals surface area contributed by atoms with E-state index >= 15 is 0 Å². The third-order valence-corrected chi connectivity index (χ3v) is 4.55. The molecule has 0 aliphatic heterocycles. The fraction of sp³-hybridized carbons (Fsp3) is 0. The summed E-state index contributed by atoms with van der Waals surface area (Å²) >= 11 is 13.2. The SMILES string of the molecule is O=C(c1cc2cc(F)ccc2s1)c1cc(Cl)ccc1Cl. The summed E-state index contributed by atoms with van der Waals surface area (Å²) in [6.45, 7) is 0. The van der Waals surface area contributed by atoms with E-state index in [2.05, 4.69) is 0 Å². The molecule has 0 bridgehead atoms. The van der Waals surface area contributed by atoms with Crippen molar-refractivity contribution < 1.29 is 9.18 Å². The predicted octanol–water partition coefficient (Wildman–Crippen LogP) is 5.58. The summed E-state index contributed by atoms with van der Waals surface area (Å²) in [6, 6.07) is 10.9. The summed E-state index contributed by atoms with van der Waals surface area (Å²) in [7, 11) is 0. The second-order valence-electron chi connectivity index (χ2n) is 4.25. The summed E-state index contributed by atoms with van der Waals surface area (Å²) < 4.78 is 14.0. The molecule has 0 radical (unpaired) electrons. The number of fused-ring (bicyclic) bond motifs is 1. The highest BCUT2D eigenvalue weighted by atomic mass is 35.5. The molecule has 100 valence electrons. The van der Waals surface area contributed by atoms with Gasteiger partial charge in [-0.3, -0.25) is 4.79 Å². The van der Waals surface area contributed by atoms with Crippen LogP contribution in [0.15, 0.2) is 42.5 Å². The molecule has 0 fully saturated rings. The molecular formula is C15H7Cl2FOS. The minimum absolute atomic E-state index is 0.209. The van der Waals surface area contributed by atoms with Gasteiger partial charge in [0.2, 0.25) is 5.78 Å². The molecule has 0 atom stereocenters. The quantitative estimate of drug-likeness (QED) is 0.562. The summed E-state index contributed by atoms with van der Waals surface area (Å²) in [5, 5.41) is 1.50. The van der Waals surface area contributed by atoms with E-state index in [1.165, 1.54) is 29.5 Å². The van der Waals surface area contributed by atoms with Gasteiger partial charge in [-0.05, 0) is 47.9 Å². The van der Waals surface area contributed by atoms with Crippen molar-refractivity contribution in [2.45, 2.75) is 0 Å². The molecule has 0 spiro atoms.